The Morgan fingerprint density at radius 3 is 2.71 bits per heavy atom. The molecule has 1 aromatic carbocycles. The first-order valence-corrected chi connectivity index (χ1v) is 12.2. The van der Waals surface area contributed by atoms with Crippen molar-refractivity contribution in [2.45, 2.75) is 62.8 Å². The van der Waals surface area contributed by atoms with Gasteiger partial charge in [-0.1, -0.05) is 6.07 Å². The van der Waals surface area contributed by atoms with E-state index in [1.807, 2.05) is 36.5 Å². The minimum atomic E-state index is -0.598. The number of nitrogens with one attached hydrogen (secondary N) is 1. The van der Waals surface area contributed by atoms with Gasteiger partial charge in [-0.25, -0.2) is 0 Å². The van der Waals surface area contributed by atoms with Crippen LogP contribution in [0.1, 0.15) is 59.6 Å². The van der Waals surface area contributed by atoms with Crippen LogP contribution in [0.3, 0.4) is 0 Å². The van der Waals surface area contributed by atoms with E-state index in [2.05, 4.69) is 21.3 Å². The van der Waals surface area contributed by atoms with Gasteiger partial charge in [-0.05, 0) is 61.6 Å². The third-order valence-electron chi connectivity index (χ3n) is 7.68. The molecule has 176 valence electrons. The second-order valence-corrected chi connectivity index (χ2v) is 9.78. The highest BCUT2D eigenvalue weighted by atomic mass is 16.5. The van der Waals surface area contributed by atoms with Crippen LogP contribution in [0.5, 0.6) is 5.75 Å². The summed E-state index contributed by atoms with van der Waals surface area (Å²) in [6, 6.07) is 11.5. The summed E-state index contributed by atoms with van der Waals surface area (Å²) in [7, 11) is 0. The van der Waals surface area contributed by atoms with Gasteiger partial charge < -0.3 is 9.64 Å². The zero-order valence-electron chi connectivity index (χ0n) is 19.0. The maximum atomic E-state index is 12.9. The highest BCUT2D eigenvalue weighted by Crippen LogP contribution is 2.37. The van der Waals surface area contributed by atoms with Crippen molar-refractivity contribution in [2.24, 2.45) is 0 Å². The van der Waals surface area contributed by atoms with Crippen LogP contribution in [-0.2, 0) is 16.1 Å². The number of amides is 3. The standard InChI is InChI=1S/C26H28N4O4/c31-24-10-9-22(25(32)28-24)30-15-16-12-18(7-8-19(16)26(30)33)34-23-6-3-5-21(23)29-13-17(14-29)20-4-1-2-11-27-20/h1-2,4,7-8,11-12,17,21-23H,3,5-6,9-10,13-15H2,(H,28,31,32)/t21-,22?,23+/m1/s1. The highest BCUT2D eigenvalue weighted by Gasteiger charge is 2.42. The molecule has 34 heavy (non-hydrogen) atoms. The Kier molecular flexibility index (Phi) is 5.32. The first kappa shape index (κ1) is 21.3. The monoisotopic (exact) mass is 460 g/mol. The molecule has 1 unspecified atom stereocenters. The SMILES string of the molecule is O=C1CCC(N2Cc3cc(O[C@H]4CCC[C@H]4N4CC(c5ccccn5)C4)ccc3C2=O)C(=O)N1. The van der Waals surface area contributed by atoms with Gasteiger partial charge in [-0.15, -0.1) is 0 Å². The summed E-state index contributed by atoms with van der Waals surface area (Å²) >= 11 is 0. The number of piperidine rings is 1. The lowest BCUT2D eigenvalue weighted by Crippen LogP contribution is -2.54. The van der Waals surface area contributed by atoms with E-state index in [9.17, 15) is 14.4 Å². The maximum Gasteiger partial charge on any atom is 0.255 e. The van der Waals surface area contributed by atoms with Crippen molar-refractivity contribution in [3.05, 3.63) is 59.4 Å². The molecule has 2 saturated heterocycles. The largest absolute Gasteiger partial charge is 0.489 e. The van der Waals surface area contributed by atoms with Gasteiger partial charge in [0.2, 0.25) is 11.8 Å². The highest BCUT2D eigenvalue weighted by molar-refractivity contribution is 6.05. The second kappa shape index (κ2) is 8.51. The Labute approximate surface area is 198 Å². The molecule has 8 nitrogen and oxygen atoms in total. The van der Waals surface area contributed by atoms with Crippen LogP contribution >= 0.6 is 0 Å². The molecule has 0 bridgehead atoms. The van der Waals surface area contributed by atoms with Gasteiger partial charge in [0.1, 0.15) is 17.9 Å². The average Bonchev–Trinajstić information content (AvgIpc) is 3.38. The summed E-state index contributed by atoms with van der Waals surface area (Å²) < 4.78 is 6.45. The summed E-state index contributed by atoms with van der Waals surface area (Å²) in [6.45, 7) is 2.39. The number of likely N-dealkylation sites (tertiary alicyclic amines) is 1. The van der Waals surface area contributed by atoms with Crippen LogP contribution in [-0.4, -0.2) is 63.8 Å². The quantitative estimate of drug-likeness (QED) is 0.688. The Balaban J connectivity index is 1.11. The van der Waals surface area contributed by atoms with Gasteiger partial charge in [-0.3, -0.25) is 29.6 Å². The van der Waals surface area contributed by atoms with Gasteiger partial charge >= 0.3 is 0 Å². The topological polar surface area (TPSA) is 91.8 Å². The van der Waals surface area contributed by atoms with Gasteiger partial charge in [0.25, 0.3) is 5.91 Å². The minimum Gasteiger partial charge on any atom is -0.489 e. The van der Waals surface area contributed by atoms with Crippen molar-refractivity contribution < 1.29 is 19.1 Å². The fourth-order valence-electron chi connectivity index (χ4n) is 5.85. The van der Waals surface area contributed by atoms with Gasteiger partial charge in [-0.2, -0.15) is 0 Å². The maximum absolute atomic E-state index is 12.9. The predicted molar refractivity (Wildman–Crippen MR) is 123 cm³/mol. The summed E-state index contributed by atoms with van der Waals surface area (Å²) in [6.07, 6.45) is 5.91. The van der Waals surface area contributed by atoms with E-state index in [0.29, 0.717) is 30.5 Å². The van der Waals surface area contributed by atoms with Crippen LogP contribution in [0.2, 0.25) is 0 Å². The number of ether oxygens (including phenoxy) is 1. The molecule has 1 aromatic heterocycles. The molecular weight excluding hydrogens is 432 g/mol. The number of carbonyl (C=O) groups excluding carboxylic acids is 3. The average molecular weight is 461 g/mol. The second-order valence-electron chi connectivity index (χ2n) is 9.78. The zero-order valence-corrected chi connectivity index (χ0v) is 19.0. The molecule has 3 amide bonds. The summed E-state index contributed by atoms with van der Waals surface area (Å²) in [4.78, 5) is 45.3. The van der Waals surface area contributed by atoms with Crippen LogP contribution in [0.4, 0.5) is 0 Å². The van der Waals surface area contributed by atoms with Crippen LogP contribution in [0.15, 0.2) is 42.6 Å². The molecule has 3 atom stereocenters. The molecule has 3 aliphatic heterocycles. The number of hydrogen-bond donors (Lipinski definition) is 1. The smallest absolute Gasteiger partial charge is 0.255 e. The molecule has 3 fully saturated rings. The fraction of sp³-hybridized carbons (Fsp3) is 0.462. The minimum absolute atomic E-state index is 0.131. The van der Waals surface area contributed by atoms with Crippen LogP contribution < -0.4 is 10.1 Å². The number of rotatable bonds is 5. The number of nitrogens with zero attached hydrogens (tertiary/aromatic N) is 3. The number of pyridine rings is 1. The molecule has 4 heterocycles. The fourth-order valence-corrected chi connectivity index (χ4v) is 5.85. The molecule has 6 rings (SSSR count). The predicted octanol–water partition coefficient (Wildman–Crippen LogP) is 2.24. The first-order chi connectivity index (χ1) is 16.6. The van der Waals surface area contributed by atoms with E-state index in [-0.39, 0.29) is 30.2 Å². The molecule has 1 aliphatic carbocycles. The van der Waals surface area contributed by atoms with E-state index in [0.717, 1.165) is 49.4 Å². The number of fused-ring (bicyclic) bond motifs is 1. The van der Waals surface area contributed by atoms with E-state index in [1.54, 1.807) is 4.90 Å². The Morgan fingerprint density at radius 1 is 1.03 bits per heavy atom. The molecule has 8 heteroatoms. The van der Waals surface area contributed by atoms with Gasteiger partial charge in [0, 0.05) is 55.5 Å². The third-order valence-corrected chi connectivity index (χ3v) is 7.68. The van der Waals surface area contributed by atoms with Crippen molar-refractivity contribution in [1.29, 1.82) is 0 Å². The lowest BCUT2D eigenvalue weighted by molar-refractivity contribution is -0.136. The number of carbonyl (C=O) groups is 3. The van der Waals surface area contributed by atoms with Gasteiger partial charge in [0.05, 0.1) is 0 Å². The molecule has 1 saturated carbocycles. The lowest BCUT2D eigenvalue weighted by atomic mass is 9.93. The molecule has 2 aromatic rings. The van der Waals surface area contributed by atoms with Crippen molar-refractivity contribution in [3.8, 4) is 5.75 Å². The number of aromatic nitrogens is 1. The number of imide groups is 1. The zero-order chi connectivity index (χ0) is 23.2. The van der Waals surface area contributed by atoms with Crippen molar-refractivity contribution in [2.75, 3.05) is 13.1 Å². The van der Waals surface area contributed by atoms with Crippen LogP contribution in [0.25, 0.3) is 0 Å². The number of benzene rings is 1. The van der Waals surface area contributed by atoms with Crippen molar-refractivity contribution in [1.82, 2.24) is 20.1 Å². The van der Waals surface area contributed by atoms with E-state index < -0.39 is 6.04 Å². The Bertz CT molecular complexity index is 1130. The van der Waals surface area contributed by atoms with E-state index in [1.165, 1.54) is 0 Å². The summed E-state index contributed by atoms with van der Waals surface area (Å²) in [5, 5.41) is 2.35. The van der Waals surface area contributed by atoms with Gasteiger partial charge in [0.15, 0.2) is 0 Å². The Morgan fingerprint density at radius 2 is 1.91 bits per heavy atom. The summed E-state index contributed by atoms with van der Waals surface area (Å²) in [5.74, 6) is 0.444. The van der Waals surface area contributed by atoms with Crippen molar-refractivity contribution >= 4 is 17.7 Å². The normalized spacial score (nSPS) is 27.5. The molecule has 4 aliphatic rings. The first-order valence-electron chi connectivity index (χ1n) is 12.2. The Hall–Kier alpha value is -3.26. The molecule has 1 N–H and O–H groups in total. The molecular formula is C26H28N4O4. The molecule has 0 radical (unpaired) electrons. The van der Waals surface area contributed by atoms with E-state index >= 15 is 0 Å². The lowest BCUT2D eigenvalue weighted by Gasteiger charge is -2.44. The third kappa shape index (κ3) is 3.76. The summed E-state index contributed by atoms with van der Waals surface area (Å²) in [5.41, 5.74) is 2.65. The van der Waals surface area contributed by atoms with Crippen LogP contribution in [0, 0.1) is 0 Å². The van der Waals surface area contributed by atoms with E-state index in [4.69, 9.17) is 4.74 Å². The van der Waals surface area contributed by atoms with Crippen molar-refractivity contribution in [3.63, 3.8) is 0 Å². The number of hydrogen-bond acceptors (Lipinski definition) is 6. The molecule has 0 spiro atoms.